The Hall–Kier alpha value is -2.09. The third-order valence-electron chi connectivity index (χ3n) is 4.90. The average Bonchev–Trinajstić information content (AvgIpc) is 3.16. The van der Waals surface area contributed by atoms with Crippen LogP contribution in [0.15, 0.2) is 65.7 Å². The van der Waals surface area contributed by atoms with Crippen molar-refractivity contribution in [2.75, 3.05) is 26.7 Å². The molecule has 5 nitrogen and oxygen atoms in total. The Kier molecular flexibility index (Phi) is 9.27. The van der Waals surface area contributed by atoms with Crippen LogP contribution in [0, 0.1) is 5.92 Å². The Morgan fingerprint density at radius 1 is 1.04 bits per heavy atom. The van der Waals surface area contributed by atoms with Crippen molar-refractivity contribution >= 4 is 35.8 Å². The molecule has 1 unspecified atom stereocenters. The van der Waals surface area contributed by atoms with E-state index in [0.717, 1.165) is 37.5 Å². The molecule has 1 heterocycles. The highest BCUT2D eigenvalue weighted by atomic mass is 127. The number of hydrogen-bond donors (Lipinski definition) is 2. The smallest absolute Gasteiger partial charge is 0.239 e. The van der Waals surface area contributed by atoms with Gasteiger partial charge in [-0.2, -0.15) is 0 Å². The summed E-state index contributed by atoms with van der Waals surface area (Å²) >= 11 is 0. The molecular formula is C22H29IN4O. The highest BCUT2D eigenvalue weighted by Crippen LogP contribution is 2.20. The van der Waals surface area contributed by atoms with Gasteiger partial charge in [-0.25, -0.2) is 0 Å². The van der Waals surface area contributed by atoms with Crippen LogP contribution in [0.1, 0.15) is 17.5 Å². The molecule has 2 aromatic rings. The quantitative estimate of drug-likeness (QED) is 0.371. The molecule has 1 aliphatic rings. The molecule has 2 N–H and O–H groups in total. The van der Waals surface area contributed by atoms with E-state index in [9.17, 15) is 4.79 Å². The maximum Gasteiger partial charge on any atom is 0.239 e. The number of nitrogens with zero attached hydrogens (tertiary/aromatic N) is 2. The van der Waals surface area contributed by atoms with E-state index in [2.05, 4.69) is 50.9 Å². The molecule has 0 saturated carbocycles. The molecule has 1 atom stereocenters. The average molecular weight is 492 g/mol. The zero-order chi connectivity index (χ0) is 18.9. The van der Waals surface area contributed by atoms with Crippen molar-refractivity contribution in [3.05, 3.63) is 71.8 Å². The van der Waals surface area contributed by atoms with Gasteiger partial charge in [0.05, 0.1) is 6.54 Å². The number of carbonyl (C=O) groups excluding carboxylic acids is 1. The lowest BCUT2D eigenvalue weighted by Crippen LogP contribution is -2.44. The maximum atomic E-state index is 12.1. The number of carbonyl (C=O) groups is 1. The first-order valence-electron chi connectivity index (χ1n) is 9.54. The number of benzene rings is 2. The van der Waals surface area contributed by atoms with Gasteiger partial charge in [0.15, 0.2) is 5.96 Å². The fraction of sp³-hybridized carbons (Fsp3) is 0.364. The lowest BCUT2D eigenvalue weighted by atomic mass is 9.99. The van der Waals surface area contributed by atoms with Gasteiger partial charge < -0.3 is 15.5 Å². The van der Waals surface area contributed by atoms with Crippen molar-refractivity contribution in [3.8, 4) is 0 Å². The van der Waals surface area contributed by atoms with E-state index < -0.39 is 0 Å². The second-order valence-corrected chi connectivity index (χ2v) is 6.95. The molecule has 0 spiro atoms. The summed E-state index contributed by atoms with van der Waals surface area (Å²) in [4.78, 5) is 18.7. The van der Waals surface area contributed by atoms with Crippen LogP contribution in [-0.2, 0) is 17.8 Å². The summed E-state index contributed by atoms with van der Waals surface area (Å²) in [6.07, 6.45) is 2.24. The van der Waals surface area contributed by atoms with Crippen LogP contribution in [0.3, 0.4) is 0 Å². The van der Waals surface area contributed by atoms with Crippen molar-refractivity contribution in [2.24, 2.45) is 10.9 Å². The molecule has 0 aromatic heterocycles. The Bertz CT molecular complexity index is 752. The Morgan fingerprint density at radius 3 is 2.32 bits per heavy atom. The lowest BCUT2D eigenvalue weighted by Gasteiger charge is -2.21. The minimum absolute atomic E-state index is 0. The summed E-state index contributed by atoms with van der Waals surface area (Å²) in [5.41, 5.74) is 2.48. The highest BCUT2D eigenvalue weighted by molar-refractivity contribution is 14.0. The third-order valence-corrected chi connectivity index (χ3v) is 4.90. The predicted molar refractivity (Wildman–Crippen MR) is 125 cm³/mol. The molecule has 0 aliphatic carbocycles. The molecule has 2 aromatic carbocycles. The zero-order valence-electron chi connectivity index (χ0n) is 16.3. The highest BCUT2D eigenvalue weighted by Gasteiger charge is 2.25. The number of amides is 1. The fourth-order valence-corrected chi connectivity index (χ4v) is 3.49. The lowest BCUT2D eigenvalue weighted by molar-refractivity contribution is -0.120. The molecule has 1 amide bonds. The minimum atomic E-state index is -0.0277. The van der Waals surface area contributed by atoms with Gasteiger partial charge in [-0.3, -0.25) is 9.79 Å². The molecule has 1 saturated heterocycles. The van der Waals surface area contributed by atoms with E-state index >= 15 is 0 Å². The molecular weight excluding hydrogens is 463 g/mol. The van der Waals surface area contributed by atoms with Gasteiger partial charge in [-0.1, -0.05) is 60.7 Å². The first kappa shape index (κ1) is 22.2. The van der Waals surface area contributed by atoms with E-state index in [1.807, 2.05) is 30.3 Å². The van der Waals surface area contributed by atoms with Gasteiger partial charge in [-0.05, 0) is 29.9 Å². The molecule has 28 heavy (non-hydrogen) atoms. The Balaban J connectivity index is 0.00000280. The van der Waals surface area contributed by atoms with E-state index in [1.54, 1.807) is 7.05 Å². The van der Waals surface area contributed by atoms with Crippen LogP contribution in [0.5, 0.6) is 0 Å². The third kappa shape index (κ3) is 6.82. The first-order chi connectivity index (χ1) is 13.2. The maximum absolute atomic E-state index is 12.1. The number of hydrogen-bond acceptors (Lipinski definition) is 2. The molecule has 0 bridgehead atoms. The minimum Gasteiger partial charge on any atom is -0.350 e. The Morgan fingerprint density at radius 2 is 1.68 bits per heavy atom. The molecule has 1 fully saturated rings. The second-order valence-electron chi connectivity index (χ2n) is 6.95. The topological polar surface area (TPSA) is 56.7 Å². The van der Waals surface area contributed by atoms with E-state index in [0.29, 0.717) is 12.5 Å². The number of guanidine groups is 1. The van der Waals surface area contributed by atoms with Crippen molar-refractivity contribution in [2.45, 2.75) is 19.4 Å². The summed E-state index contributed by atoms with van der Waals surface area (Å²) in [5.74, 6) is 1.40. The van der Waals surface area contributed by atoms with Crippen molar-refractivity contribution in [3.63, 3.8) is 0 Å². The summed E-state index contributed by atoms with van der Waals surface area (Å²) in [5, 5.41) is 6.13. The molecule has 1 aliphatic heterocycles. The number of likely N-dealkylation sites (tertiary alicyclic amines) is 1. The number of rotatable bonds is 6. The van der Waals surface area contributed by atoms with Gasteiger partial charge in [0.2, 0.25) is 5.91 Å². The monoisotopic (exact) mass is 492 g/mol. The molecule has 150 valence electrons. The zero-order valence-corrected chi connectivity index (χ0v) is 18.6. The van der Waals surface area contributed by atoms with Crippen LogP contribution in [0.4, 0.5) is 0 Å². The summed E-state index contributed by atoms with van der Waals surface area (Å²) in [7, 11) is 1.77. The number of aliphatic imine (C=N–C) groups is 1. The SMILES string of the molecule is CN=C(NCC(=O)NCc1ccccc1)N1CCC(Cc2ccccc2)C1.I. The summed E-state index contributed by atoms with van der Waals surface area (Å²) < 4.78 is 0. The fourth-order valence-electron chi connectivity index (χ4n) is 3.49. The van der Waals surface area contributed by atoms with Gasteiger partial charge in [0, 0.05) is 26.7 Å². The van der Waals surface area contributed by atoms with Crippen molar-refractivity contribution in [1.29, 1.82) is 0 Å². The van der Waals surface area contributed by atoms with Crippen LogP contribution >= 0.6 is 24.0 Å². The van der Waals surface area contributed by atoms with E-state index in [1.165, 1.54) is 5.56 Å². The normalized spacial score (nSPS) is 16.4. The van der Waals surface area contributed by atoms with Crippen LogP contribution in [0.25, 0.3) is 0 Å². The van der Waals surface area contributed by atoms with Crippen molar-refractivity contribution in [1.82, 2.24) is 15.5 Å². The first-order valence-corrected chi connectivity index (χ1v) is 9.54. The van der Waals surface area contributed by atoms with Gasteiger partial charge in [0.1, 0.15) is 0 Å². The summed E-state index contributed by atoms with van der Waals surface area (Å²) in [6.45, 7) is 2.73. The molecule has 3 rings (SSSR count). The number of halogens is 1. The van der Waals surface area contributed by atoms with Crippen LogP contribution < -0.4 is 10.6 Å². The standard InChI is InChI=1S/C22H28N4O.HI/c1-23-22(25-16-21(27)24-15-19-10-6-3-7-11-19)26-13-12-20(17-26)14-18-8-4-2-5-9-18;/h2-11,20H,12-17H2,1H3,(H,23,25)(H,24,27);1H. The van der Waals surface area contributed by atoms with Gasteiger partial charge in [0.25, 0.3) is 0 Å². The predicted octanol–water partition coefficient (Wildman–Crippen LogP) is 3.06. The van der Waals surface area contributed by atoms with Gasteiger partial charge in [-0.15, -0.1) is 24.0 Å². The van der Waals surface area contributed by atoms with Crippen molar-refractivity contribution < 1.29 is 4.79 Å². The van der Waals surface area contributed by atoms with Crippen LogP contribution in [0.2, 0.25) is 0 Å². The summed E-state index contributed by atoms with van der Waals surface area (Å²) in [6, 6.07) is 20.5. The van der Waals surface area contributed by atoms with E-state index in [4.69, 9.17) is 0 Å². The number of nitrogens with one attached hydrogen (secondary N) is 2. The Labute approximate surface area is 184 Å². The second kappa shape index (κ2) is 11.7. The van der Waals surface area contributed by atoms with Gasteiger partial charge >= 0.3 is 0 Å². The van der Waals surface area contributed by atoms with Crippen LogP contribution in [-0.4, -0.2) is 43.4 Å². The molecule has 0 radical (unpaired) electrons. The van der Waals surface area contributed by atoms with E-state index in [-0.39, 0.29) is 36.4 Å². The molecule has 6 heteroatoms. The largest absolute Gasteiger partial charge is 0.350 e.